The molecule has 1 heterocycles. The van der Waals surface area contributed by atoms with Crippen LogP contribution in [0.2, 0.25) is 5.02 Å². The van der Waals surface area contributed by atoms with Gasteiger partial charge in [0.1, 0.15) is 0 Å². The second kappa shape index (κ2) is 13.3. The third-order valence-corrected chi connectivity index (χ3v) is 7.96. The van der Waals surface area contributed by atoms with Crippen LogP contribution in [0.5, 0.6) is 0 Å². The molecule has 41 heavy (non-hydrogen) atoms. The summed E-state index contributed by atoms with van der Waals surface area (Å²) in [5.74, 6) is -4.13. The van der Waals surface area contributed by atoms with Gasteiger partial charge in [-0.05, 0) is 37.1 Å². The number of benzene rings is 2. The molecule has 1 aliphatic heterocycles. The molecule has 0 spiro atoms. The maximum Gasteiger partial charge on any atom is 0.390 e. The van der Waals surface area contributed by atoms with Crippen molar-refractivity contribution in [3.05, 3.63) is 58.1 Å². The molecule has 1 saturated carbocycles. The molecule has 2 aromatic carbocycles. The van der Waals surface area contributed by atoms with Crippen LogP contribution < -0.4 is 21.3 Å². The summed E-state index contributed by atoms with van der Waals surface area (Å²) in [5.41, 5.74) is 5.85. The molecule has 224 valence electrons. The molecule has 1 aliphatic carbocycles. The van der Waals surface area contributed by atoms with Crippen LogP contribution in [0.3, 0.4) is 0 Å². The van der Waals surface area contributed by atoms with Crippen LogP contribution in [0.25, 0.3) is 0 Å². The molecule has 0 radical (unpaired) electrons. The number of hydrogen-bond donors (Lipinski definition) is 3. The van der Waals surface area contributed by atoms with Gasteiger partial charge in [0.2, 0.25) is 5.91 Å². The van der Waals surface area contributed by atoms with Crippen molar-refractivity contribution in [2.45, 2.75) is 50.9 Å². The Morgan fingerprint density at radius 1 is 1.00 bits per heavy atom. The summed E-state index contributed by atoms with van der Waals surface area (Å²) in [4.78, 5) is 28.3. The molecule has 0 bridgehead atoms. The standard InChI is InChI=1S/C28H33ClF5N5O2/c29-18-6-8-22(23(15-18)39-13-11-38(12-14-39)10-9-28(32,33)34)37-27(41)20-7-5-17(24(30)25(20)31)16-36-21-4-2-1-3-19(21)26(35)40/h5-8,15,19,21,36H,1-4,9-14,16H2,(H2,35,40)(H,37,41)/t19-,21-/m1/s1. The smallest absolute Gasteiger partial charge is 0.369 e. The summed E-state index contributed by atoms with van der Waals surface area (Å²) in [6, 6.07) is 6.98. The minimum absolute atomic E-state index is 0.0171. The van der Waals surface area contributed by atoms with Crippen molar-refractivity contribution < 1.29 is 31.5 Å². The van der Waals surface area contributed by atoms with E-state index in [1.54, 1.807) is 11.0 Å². The van der Waals surface area contributed by atoms with Crippen molar-refractivity contribution in [3.8, 4) is 0 Å². The Labute approximate surface area is 240 Å². The Morgan fingerprint density at radius 3 is 2.39 bits per heavy atom. The third kappa shape index (κ3) is 8.08. The number of amides is 2. The monoisotopic (exact) mass is 601 g/mol. The van der Waals surface area contributed by atoms with E-state index in [-0.39, 0.29) is 30.6 Å². The fourth-order valence-corrected chi connectivity index (χ4v) is 5.58. The predicted molar refractivity (Wildman–Crippen MR) is 147 cm³/mol. The van der Waals surface area contributed by atoms with Crippen LogP contribution in [-0.2, 0) is 11.3 Å². The summed E-state index contributed by atoms with van der Waals surface area (Å²) in [5, 5.41) is 6.11. The van der Waals surface area contributed by atoms with Crippen LogP contribution >= 0.6 is 11.6 Å². The molecule has 13 heteroatoms. The van der Waals surface area contributed by atoms with Gasteiger partial charge in [-0.1, -0.05) is 30.5 Å². The molecule has 2 amide bonds. The molecular formula is C28H33ClF5N5O2. The molecule has 7 nitrogen and oxygen atoms in total. The van der Waals surface area contributed by atoms with Crippen LogP contribution in [0.4, 0.5) is 33.3 Å². The van der Waals surface area contributed by atoms with E-state index in [2.05, 4.69) is 10.6 Å². The lowest BCUT2D eigenvalue weighted by atomic mass is 9.84. The van der Waals surface area contributed by atoms with Crippen molar-refractivity contribution in [1.82, 2.24) is 10.2 Å². The van der Waals surface area contributed by atoms with Gasteiger partial charge in [0.25, 0.3) is 5.91 Å². The zero-order valence-electron chi connectivity index (χ0n) is 22.4. The fraction of sp³-hybridized carbons (Fsp3) is 0.500. The highest BCUT2D eigenvalue weighted by atomic mass is 35.5. The number of anilines is 2. The number of nitrogens with two attached hydrogens (primary N) is 1. The number of primary amides is 1. The third-order valence-electron chi connectivity index (χ3n) is 7.73. The largest absolute Gasteiger partial charge is 0.390 e. The maximum absolute atomic E-state index is 15.0. The highest BCUT2D eigenvalue weighted by molar-refractivity contribution is 6.31. The van der Waals surface area contributed by atoms with E-state index in [4.69, 9.17) is 17.3 Å². The van der Waals surface area contributed by atoms with Crippen LogP contribution in [-0.4, -0.2) is 61.7 Å². The molecule has 2 atom stereocenters. The molecule has 1 saturated heterocycles. The molecule has 2 aromatic rings. The van der Waals surface area contributed by atoms with E-state index in [9.17, 15) is 27.2 Å². The minimum atomic E-state index is -4.23. The van der Waals surface area contributed by atoms with Crippen LogP contribution in [0.1, 0.15) is 48.0 Å². The first-order chi connectivity index (χ1) is 19.4. The number of rotatable bonds is 9. The highest BCUT2D eigenvalue weighted by Crippen LogP contribution is 2.32. The van der Waals surface area contributed by atoms with Gasteiger partial charge in [0, 0.05) is 55.9 Å². The summed E-state index contributed by atoms with van der Waals surface area (Å²) in [6.45, 7) is 1.42. The van der Waals surface area contributed by atoms with Crippen molar-refractivity contribution >= 4 is 34.8 Å². The lowest BCUT2D eigenvalue weighted by Crippen LogP contribution is -2.47. The Kier molecular flexibility index (Phi) is 10.1. The average molecular weight is 602 g/mol. The van der Waals surface area contributed by atoms with Gasteiger partial charge in [-0.2, -0.15) is 13.2 Å². The zero-order valence-corrected chi connectivity index (χ0v) is 23.1. The molecular weight excluding hydrogens is 569 g/mol. The SMILES string of the molecule is NC(=O)[C@@H]1CCCC[C@H]1NCc1ccc(C(=O)Nc2ccc(Cl)cc2N2CCN(CCC(F)(F)F)CC2)c(F)c1F. The van der Waals surface area contributed by atoms with E-state index < -0.39 is 41.6 Å². The first-order valence-electron chi connectivity index (χ1n) is 13.6. The summed E-state index contributed by atoms with van der Waals surface area (Å²) < 4.78 is 67.8. The lowest BCUT2D eigenvalue weighted by molar-refractivity contribution is -0.138. The Balaban J connectivity index is 1.42. The van der Waals surface area contributed by atoms with E-state index >= 15 is 4.39 Å². The Bertz CT molecular complexity index is 1250. The van der Waals surface area contributed by atoms with Gasteiger partial charge in [-0.15, -0.1) is 0 Å². The Morgan fingerprint density at radius 2 is 1.71 bits per heavy atom. The number of halogens is 6. The van der Waals surface area contributed by atoms with Crippen LogP contribution in [0, 0.1) is 17.6 Å². The number of piperazine rings is 1. The first-order valence-corrected chi connectivity index (χ1v) is 14.0. The predicted octanol–water partition coefficient (Wildman–Crippen LogP) is 5.08. The number of carbonyl (C=O) groups is 2. The number of nitrogens with zero attached hydrogens (tertiary/aromatic N) is 2. The molecule has 2 fully saturated rings. The number of hydrogen-bond acceptors (Lipinski definition) is 5. The number of carbonyl (C=O) groups excluding carboxylic acids is 2. The molecule has 4 rings (SSSR count). The Hall–Kier alpha value is -2.96. The molecule has 0 unspecified atom stereocenters. The quantitative estimate of drug-likeness (QED) is 0.349. The fourth-order valence-electron chi connectivity index (χ4n) is 5.42. The zero-order chi connectivity index (χ0) is 29.7. The van der Waals surface area contributed by atoms with Crippen molar-refractivity contribution in [1.29, 1.82) is 0 Å². The van der Waals surface area contributed by atoms with Crippen molar-refractivity contribution in [2.75, 3.05) is 42.9 Å². The number of nitrogens with one attached hydrogen (secondary N) is 2. The highest BCUT2D eigenvalue weighted by Gasteiger charge is 2.31. The van der Waals surface area contributed by atoms with Crippen molar-refractivity contribution in [3.63, 3.8) is 0 Å². The summed E-state index contributed by atoms with van der Waals surface area (Å²) in [6.07, 6.45) is -2.00. The maximum atomic E-state index is 15.0. The number of alkyl halides is 3. The van der Waals surface area contributed by atoms with Gasteiger partial charge in [0.15, 0.2) is 11.6 Å². The van der Waals surface area contributed by atoms with Gasteiger partial charge in [-0.25, -0.2) is 8.78 Å². The molecule has 2 aliphatic rings. The van der Waals surface area contributed by atoms with Gasteiger partial charge in [0.05, 0.1) is 29.3 Å². The van der Waals surface area contributed by atoms with E-state index in [1.165, 1.54) is 24.3 Å². The topological polar surface area (TPSA) is 90.7 Å². The van der Waals surface area contributed by atoms with Crippen molar-refractivity contribution in [2.24, 2.45) is 11.7 Å². The normalized spacial score (nSPS) is 20.2. The minimum Gasteiger partial charge on any atom is -0.369 e. The second-order valence-corrected chi connectivity index (χ2v) is 10.9. The summed E-state index contributed by atoms with van der Waals surface area (Å²) >= 11 is 6.18. The first kappa shape index (κ1) is 31.0. The van der Waals surface area contributed by atoms with Gasteiger partial charge < -0.3 is 21.3 Å². The average Bonchev–Trinajstić information content (AvgIpc) is 2.93. The van der Waals surface area contributed by atoms with Crippen LogP contribution in [0.15, 0.2) is 30.3 Å². The van der Waals surface area contributed by atoms with E-state index in [0.29, 0.717) is 55.4 Å². The lowest BCUT2D eigenvalue weighted by Gasteiger charge is -2.37. The van der Waals surface area contributed by atoms with Gasteiger partial charge in [-0.3, -0.25) is 14.5 Å². The van der Waals surface area contributed by atoms with E-state index in [0.717, 1.165) is 12.8 Å². The molecule has 4 N–H and O–H groups in total. The summed E-state index contributed by atoms with van der Waals surface area (Å²) in [7, 11) is 0. The van der Waals surface area contributed by atoms with Gasteiger partial charge >= 0.3 is 6.18 Å². The van der Waals surface area contributed by atoms with E-state index in [1.807, 2.05) is 4.90 Å². The molecule has 0 aromatic heterocycles. The second-order valence-electron chi connectivity index (χ2n) is 10.5.